The number of nitrogens with one attached hydrogen (secondary N) is 1. The summed E-state index contributed by atoms with van der Waals surface area (Å²) in [7, 11) is 0. The van der Waals surface area contributed by atoms with Crippen molar-refractivity contribution in [3.8, 4) is 0 Å². The van der Waals surface area contributed by atoms with E-state index < -0.39 is 0 Å². The van der Waals surface area contributed by atoms with Gasteiger partial charge in [0, 0.05) is 23.7 Å². The molecule has 6 heteroatoms. The number of aromatic nitrogens is 1. The average Bonchev–Trinajstić information content (AvgIpc) is 3.10. The van der Waals surface area contributed by atoms with Gasteiger partial charge in [0.25, 0.3) is 11.8 Å². The van der Waals surface area contributed by atoms with E-state index in [2.05, 4.69) is 24.1 Å². The van der Waals surface area contributed by atoms with Crippen molar-refractivity contribution in [1.29, 1.82) is 0 Å². The third kappa shape index (κ3) is 3.25. The monoisotopic (exact) mass is 343 g/mol. The van der Waals surface area contributed by atoms with Crippen LogP contribution in [-0.2, 0) is 0 Å². The Morgan fingerprint density at radius 3 is 2.33 bits per heavy atom. The van der Waals surface area contributed by atoms with E-state index in [1.165, 1.54) is 4.90 Å². The molecule has 0 bridgehead atoms. The first-order chi connectivity index (χ1) is 11.5. The van der Waals surface area contributed by atoms with E-state index in [9.17, 15) is 9.59 Å². The molecule has 0 radical (unpaired) electrons. The lowest BCUT2D eigenvalue weighted by Gasteiger charge is -2.21. The number of hydrogen-bond acceptors (Lipinski definition) is 5. The number of rotatable bonds is 6. The van der Waals surface area contributed by atoms with Gasteiger partial charge in [0.1, 0.15) is 5.01 Å². The minimum Gasteiger partial charge on any atom is -0.306 e. The summed E-state index contributed by atoms with van der Waals surface area (Å²) in [6.45, 7) is 6.55. The van der Waals surface area contributed by atoms with Gasteiger partial charge in [0.2, 0.25) is 0 Å². The maximum Gasteiger partial charge on any atom is 0.261 e. The number of carbonyl (C=O) groups excluding carboxylic acids is 2. The SMILES string of the molecule is Cc1csc([C@@H](C)N[C@@H](C)CCN2C(=O)c3ccccc3C2=O)n1. The Morgan fingerprint density at radius 1 is 1.17 bits per heavy atom. The number of amides is 2. The Morgan fingerprint density at radius 2 is 1.79 bits per heavy atom. The fourth-order valence-electron chi connectivity index (χ4n) is 2.92. The Labute approximate surface area is 145 Å². The first-order valence-electron chi connectivity index (χ1n) is 8.10. The molecular weight excluding hydrogens is 322 g/mol. The highest BCUT2D eigenvalue weighted by molar-refractivity contribution is 7.09. The molecule has 0 fully saturated rings. The lowest BCUT2D eigenvalue weighted by atomic mass is 10.1. The molecule has 1 aromatic carbocycles. The van der Waals surface area contributed by atoms with Crippen molar-refractivity contribution >= 4 is 23.2 Å². The van der Waals surface area contributed by atoms with Crippen LogP contribution in [0.25, 0.3) is 0 Å². The first kappa shape index (κ1) is 16.8. The Kier molecular flexibility index (Phi) is 4.78. The fourth-order valence-corrected chi connectivity index (χ4v) is 3.73. The fraction of sp³-hybridized carbons (Fsp3) is 0.389. The molecule has 3 rings (SSSR count). The van der Waals surface area contributed by atoms with Crippen LogP contribution >= 0.6 is 11.3 Å². The van der Waals surface area contributed by atoms with E-state index in [1.807, 2.05) is 12.3 Å². The van der Waals surface area contributed by atoms with E-state index in [4.69, 9.17) is 0 Å². The molecule has 0 aliphatic carbocycles. The molecule has 0 spiro atoms. The molecule has 24 heavy (non-hydrogen) atoms. The second kappa shape index (κ2) is 6.83. The van der Waals surface area contributed by atoms with Gasteiger partial charge in [-0.2, -0.15) is 0 Å². The minimum absolute atomic E-state index is 0.154. The Hall–Kier alpha value is -2.05. The molecule has 2 aromatic rings. The van der Waals surface area contributed by atoms with Gasteiger partial charge in [-0.25, -0.2) is 4.98 Å². The maximum atomic E-state index is 12.3. The number of thiazole rings is 1. The van der Waals surface area contributed by atoms with Crippen LogP contribution in [0, 0.1) is 6.92 Å². The summed E-state index contributed by atoms with van der Waals surface area (Å²) in [5, 5.41) is 6.58. The summed E-state index contributed by atoms with van der Waals surface area (Å²) in [4.78, 5) is 30.5. The van der Waals surface area contributed by atoms with E-state index in [1.54, 1.807) is 35.6 Å². The number of nitrogens with zero attached hydrogens (tertiary/aromatic N) is 2. The zero-order valence-electron chi connectivity index (χ0n) is 14.1. The highest BCUT2D eigenvalue weighted by Gasteiger charge is 2.34. The van der Waals surface area contributed by atoms with Crippen LogP contribution in [0.5, 0.6) is 0 Å². The summed E-state index contributed by atoms with van der Waals surface area (Å²) in [6.07, 6.45) is 0.708. The van der Waals surface area contributed by atoms with Crippen LogP contribution < -0.4 is 5.32 Å². The average molecular weight is 343 g/mol. The van der Waals surface area contributed by atoms with Gasteiger partial charge in [-0.1, -0.05) is 12.1 Å². The molecule has 1 N–H and O–H groups in total. The third-order valence-electron chi connectivity index (χ3n) is 4.21. The predicted molar refractivity (Wildman–Crippen MR) is 94.3 cm³/mol. The standard InChI is InChI=1S/C18H21N3O2S/c1-11(19-13(3)16-20-12(2)10-24-16)8-9-21-17(22)14-6-4-5-7-15(14)18(21)23/h4-7,10-11,13,19H,8-9H2,1-3H3/t11-,13+/m0/s1. The van der Waals surface area contributed by atoms with Crippen molar-refractivity contribution in [1.82, 2.24) is 15.2 Å². The number of aryl methyl sites for hydroxylation is 1. The molecule has 1 aliphatic heterocycles. The molecule has 0 saturated heterocycles. The molecule has 126 valence electrons. The van der Waals surface area contributed by atoms with Gasteiger partial charge in [0.15, 0.2) is 0 Å². The number of benzene rings is 1. The molecule has 0 saturated carbocycles. The molecule has 2 heterocycles. The van der Waals surface area contributed by atoms with Gasteiger partial charge in [0.05, 0.1) is 17.2 Å². The smallest absolute Gasteiger partial charge is 0.261 e. The first-order valence-corrected chi connectivity index (χ1v) is 8.98. The van der Waals surface area contributed by atoms with E-state index in [-0.39, 0.29) is 23.9 Å². The highest BCUT2D eigenvalue weighted by atomic mass is 32.1. The van der Waals surface area contributed by atoms with Crippen molar-refractivity contribution in [3.63, 3.8) is 0 Å². The molecule has 5 nitrogen and oxygen atoms in total. The molecular formula is C18H21N3O2S. The van der Waals surface area contributed by atoms with Crippen molar-refractivity contribution in [3.05, 3.63) is 51.5 Å². The molecule has 2 atom stereocenters. The Balaban J connectivity index is 1.56. The number of hydrogen-bond donors (Lipinski definition) is 1. The minimum atomic E-state index is -0.189. The lowest BCUT2D eigenvalue weighted by molar-refractivity contribution is 0.0649. The third-order valence-corrected chi connectivity index (χ3v) is 5.35. The molecule has 1 aromatic heterocycles. The number of imide groups is 1. The molecule has 0 unspecified atom stereocenters. The van der Waals surface area contributed by atoms with Crippen molar-refractivity contribution < 1.29 is 9.59 Å². The maximum absolute atomic E-state index is 12.3. The zero-order chi connectivity index (χ0) is 17.3. The van der Waals surface area contributed by atoms with E-state index >= 15 is 0 Å². The number of fused-ring (bicyclic) bond motifs is 1. The van der Waals surface area contributed by atoms with Crippen LogP contribution in [0.2, 0.25) is 0 Å². The van der Waals surface area contributed by atoms with Crippen LogP contribution in [0.1, 0.15) is 57.7 Å². The summed E-state index contributed by atoms with van der Waals surface area (Å²) >= 11 is 1.64. The van der Waals surface area contributed by atoms with Crippen LogP contribution in [0.3, 0.4) is 0 Å². The second-order valence-corrected chi connectivity index (χ2v) is 7.10. The number of carbonyl (C=O) groups is 2. The van der Waals surface area contributed by atoms with Crippen molar-refractivity contribution in [2.24, 2.45) is 0 Å². The van der Waals surface area contributed by atoms with Crippen molar-refractivity contribution in [2.75, 3.05) is 6.54 Å². The summed E-state index contributed by atoms with van der Waals surface area (Å²) in [6, 6.07) is 7.33. The van der Waals surface area contributed by atoms with Crippen LogP contribution in [0.4, 0.5) is 0 Å². The van der Waals surface area contributed by atoms with Gasteiger partial charge in [-0.15, -0.1) is 11.3 Å². The molecule has 2 amide bonds. The second-order valence-electron chi connectivity index (χ2n) is 6.21. The van der Waals surface area contributed by atoms with Gasteiger partial charge < -0.3 is 5.32 Å². The molecule has 1 aliphatic rings. The van der Waals surface area contributed by atoms with Gasteiger partial charge in [-0.3, -0.25) is 14.5 Å². The summed E-state index contributed by atoms with van der Waals surface area (Å²) < 4.78 is 0. The predicted octanol–water partition coefficient (Wildman–Crippen LogP) is 3.18. The van der Waals surface area contributed by atoms with E-state index in [0.29, 0.717) is 24.1 Å². The van der Waals surface area contributed by atoms with E-state index in [0.717, 1.165) is 10.7 Å². The Bertz CT molecular complexity index is 736. The van der Waals surface area contributed by atoms with Gasteiger partial charge >= 0.3 is 0 Å². The van der Waals surface area contributed by atoms with Crippen LogP contribution in [0.15, 0.2) is 29.6 Å². The highest BCUT2D eigenvalue weighted by Crippen LogP contribution is 2.23. The zero-order valence-corrected chi connectivity index (χ0v) is 14.9. The summed E-state index contributed by atoms with van der Waals surface area (Å²) in [5.74, 6) is -0.377. The lowest BCUT2D eigenvalue weighted by Crippen LogP contribution is -2.36. The van der Waals surface area contributed by atoms with Crippen LogP contribution in [-0.4, -0.2) is 34.3 Å². The topological polar surface area (TPSA) is 62.3 Å². The van der Waals surface area contributed by atoms with Crippen molar-refractivity contribution in [2.45, 2.75) is 39.3 Å². The largest absolute Gasteiger partial charge is 0.306 e. The quantitative estimate of drug-likeness (QED) is 0.818. The summed E-state index contributed by atoms with van der Waals surface area (Å²) in [5.41, 5.74) is 2.05. The van der Waals surface area contributed by atoms with Gasteiger partial charge in [-0.05, 0) is 39.3 Å². The normalized spacial score (nSPS) is 16.4.